The topological polar surface area (TPSA) is 82.6 Å². The van der Waals surface area contributed by atoms with Crippen molar-refractivity contribution in [1.29, 1.82) is 0 Å². The number of hydrogen-bond donors (Lipinski definition) is 3. The molecule has 0 atom stereocenters. The molecule has 0 aromatic carbocycles. The Labute approximate surface area is 165 Å². The van der Waals surface area contributed by atoms with Gasteiger partial charge >= 0.3 is 0 Å². The van der Waals surface area contributed by atoms with Gasteiger partial charge in [-0.3, -0.25) is 4.99 Å². The quantitative estimate of drug-likeness (QED) is 0.218. The van der Waals surface area contributed by atoms with Crippen molar-refractivity contribution in [2.45, 2.75) is 58.9 Å². The van der Waals surface area contributed by atoms with Gasteiger partial charge in [0.1, 0.15) is 0 Å². The van der Waals surface area contributed by atoms with Crippen LogP contribution in [0.25, 0.3) is 0 Å². The third-order valence-electron chi connectivity index (χ3n) is 4.37. The van der Waals surface area contributed by atoms with Crippen molar-refractivity contribution in [2.75, 3.05) is 25.9 Å². The molecule has 0 spiro atoms. The first-order valence-corrected chi connectivity index (χ1v) is 10.7. The van der Waals surface area contributed by atoms with Crippen LogP contribution in [-0.2, 0) is 10.0 Å². The van der Waals surface area contributed by atoms with Crippen LogP contribution >= 0.6 is 24.0 Å². The van der Waals surface area contributed by atoms with Crippen molar-refractivity contribution in [3.8, 4) is 0 Å². The highest BCUT2D eigenvalue weighted by atomic mass is 127. The lowest BCUT2D eigenvalue weighted by molar-refractivity contribution is 0.250. The minimum atomic E-state index is -3.10. The number of halogens is 1. The lowest BCUT2D eigenvalue weighted by atomic mass is 9.80. The minimum Gasteiger partial charge on any atom is -0.357 e. The standard InChI is InChI=1S/C16H34N4O2S.HI/c1-5-17-16(18-11-6-12-19-23(4,21)22)20-15-9-7-14(8-10-15)13(2)3;/h13-15,19H,5-12H2,1-4H3,(H2,17,18,20);1H. The summed E-state index contributed by atoms with van der Waals surface area (Å²) < 4.78 is 24.5. The van der Waals surface area contributed by atoms with Gasteiger partial charge in [0.2, 0.25) is 10.0 Å². The van der Waals surface area contributed by atoms with E-state index in [1.165, 1.54) is 31.9 Å². The average molecular weight is 474 g/mol. The van der Waals surface area contributed by atoms with E-state index < -0.39 is 10.0 Å². The van der Waals surface area contributed by atoms with Gasteiger partial charge in [-0.25, -0.2) is 13.1 Å². The molecule has 3 N–H and O–H groups in total. The van der Waals surface area contributed by atoms with E-state index in [9.17, 15) is 8.42 Å². The van der Waals surface area contributed by atoms with E-state index in [1.54, 1.807) is 0 Å². The van der Waals surface area contributed by atoms with E-state index in [1.807, 2.05) is 0 Å². The van der Waals surface area contributed by atoms with Crippen molar-refractivity contribution in [3.63, 3.8) is 0 Å². The van der Waals surface area contributed by atoms with E-state index in [0.29, 0.717) is 25.6 Å². The smallest absolute Gasteiger partial charge is 0.208 e. The normalized spacial score (nSPS) is 22.1. The summed E-state index contributed by atoms with van der Waals surface area (Å²) in [5.74, 6) is 2.48. The zero-order valence-electron chi connectivity index (χ0n) is 15.5. The maximum atomic E-state index is 11.0. The molecule has 0 aliphatic heterocycles. The van der Waals surface area contributed by atoms with Crippen molar-refractivity contribution in [2.24, 2.45) is 16.8 Å². The number of hydrogen-bond acceptors (Lipinski definition) is 3. The first kappa shape index (κ1) is 23.9. The molecule has 6 nitrogen and oxygen atoms in total. The Kier molecular flexibility index (Phi) is 12.2. The third-order valence-corrected chi connectivity index (χ3v) is 5.10. The molecular weight excluding hydrogens is 439 g/mol. The Morgan fingerprint density at radius 2 is 1.83 bits per heavy atom. The Hall–Kier alpha value is -0.0900. The summed E-state index contributed by atoms with van der Waals surface area (Å²) in [5.41, 5.74) is 0. The number of sulfonamides is 1. The lowest BCUT2D eigenvalue weighted by Gasteiger charge is -2.32. The van der Waals surface area contributed by atoms with Gasteiger partial charge in [0, 0.05) is 25.7 Å². The van der Waals surface area contributed by atoms with Crippen LogP contribution in [0.15, 0.2) is 4.99 Å². The van der Waals surface area contributed by atoms with E-state index in [4.69, 9.17) is 0 Å². The van der Waals surface area contributed by atoms with Crippen molar-refractivity contribution in [1.82, 2.24) is 15.4 Å². The second-order valence-corrected chi connectivity index (χ2v) is 8.61. The first-order chi connectivity index (χ1) is 10.8. The minimum absolute atomic E-state index is 0. The molecule has 8 heteroatoms. The molecule has 0 aromatic heterocycles. The van der Waals surface area contributed by atoms with Crippen molar-refractivity contribution < 1.29 is 8.42 Å². The molecule has 1 rings (SSSR count). The molecule has 1 aliphatic carbocycles. The van der Waals surface area contributed by atoms with E-state index in [2.05, 4.69) is 41.1 Å². The van der Waals surface area contributed by atoms with Gasteiger partial charge in [0.25, 0.3) is 0 Å². The van der Waals surface area contributed by atoms with Gasteiger partial charge in [0.15, 0.2) is 5.96 Å². The van der Waals surface area contributed by atoms with Crippen LogP contribution in [0.4, 0.5) is 0 Å². The predicted molar refractivity (Wildman–Crippen MR) is 113 cm³/mol. The molecule has 1 fully saturated rings. The highest BCUT2D eigenvalue weighted by molar-refractivity contribution is 14.0. The number of nitrogens with one attached hydrogen (secondary N) is 3. The van der Waals surface area contributed by atoms with Crippen LogP contribution in [0.2, 0.25) is 0 Å². The molecule has 0 saturated heterocycles. The van der Waals surface area contributed by atoms with Gasteiger partial charge in [0.05, 0.1) is 6.26 Å². The van der Waals surface area contributed by atoms with Crippen molar-refractivity contribution >= 4 is 40.0 Å². The molecule has 1 aliphatic rings. The van der Waals surface area contributed by atoms with Gasteiger partial charge in [-0.15, -0.1) is 24.0 Å². The Morgan fingerprint density at radius 1 is 1.21 bits per heavy atom. The van der Waals surface area contributed by atoms with E-state index in [-0.39, 0.29) is 24.0 Å². The van der Waals surface area contributed by atoms with Gasteiger partial charge in [-0.2, -0.15) is 0 Å². The van der Waals surface area contributed by atoms with Crippen LogP contribution in [0.5, 0.6) is 0 Å². The summed E-state index contributed by atoms with van der Waals surface area (Å²) in [6.07, 6.45) is 6.84. The fourth-order valence-corrected chi connectivity index (χ4v) is 3.49. The molecule has 0 radical (unpaired) electrons. The van der Waals surface area contributed by atoms with E-state index >= 15 is 0 Å². The summed E-state index contributed by atoms with van der Waals surface area (Å²) in [7, 11) is -3.10. The Bertz CT molecular complexity index is 461. The molecule has 144 valence electrons. The highest BCUT2D eigenvalue weighted by Gasteiger charge is 2.23. The van der Waals surface area contributed by atoms with Crippen molar-refractivity contribution in [3.05, 3.63) is 0 Å². The Balaban J connectivity index is 0.00000529. The molecule has 0 amide bonds. The van der Waals surface area contributed by atoms with E-state index in [0.717, 1.165) is 24.3 Å². The Morgan fingerprint density at radius 3 is 2.33 bits per heavy atom. The predicted octanol–water partition coefficient (Wildman–Crippen LogP) is 2.31. The monoisotopic (exact) mass is 474 g/mol. The summed E-state index contributed by atoms with van der Waals surface area (Å²) in [5, 5.41) is 6.79. The largest absolute Gasteiger partial charge is 0.357 e. The second kappa shape index (κ2) is 12.3. The number of nitrogens with zero attached hydrogens (tertiary/aromatic N) is 1. The molecule has 0 bridgehead atoms. The van der Waals surface area contributed by atoms with Crippen LogP contribution in [0.3, 0.4) is 0 Å². The summed E-state index contributed by atoms with van der Waals surface area (Å²) in [6, 6.07) is 0.497. The van der Waals surface area contributed by atoms with Crippen LogP contribution in [0, 0.1) is 11.8 Å². The fraction of sp³-hybridized carbons (Fsp3) is 0.938. The SMILES string of the molecule is CCNC(=NCCCNS(C)(=O)=O)NC1CCC(C(C)C)CC1.I. The average Bonchev–Trinajstić information content (AvgIpc) is 2.46. The van der Waals surface area contributed by atoms with Crippen LogP contribution in [0.1, 0.15) is 52.9 Å². The highest BCUT2D eigenvalue weighted by Crippen LogP contribution is 2.29. The molecule has 0 heterocycles. The van der Waals surface area contributed by atoms with Gasteiger partial charge in [-0.1, -0.05) is 13.8 Å². The maximum Gasteiger partial charge on any atom is 0.208 e. The van der Waals surface area contributed by atoms with Gasteiger partial charge in [-0.05, 0) is 50.9 Å². The van der Waals surface area contributed by atoms with Crippen LogP contribution < -0.4 is 15.4 Å². The molecule has 0 unspecified atom stereocenters. The first-order valence-electron chi connectivity index (χ1n) is 8.81. The summed E-state index contributed by atoms with van der Waals surface area (Å²) in [6.45, 7) is 8.55. The second-order valence-electron chi connectivity index (χ2n) is 6.78. The van der Waals surface area contributed by atoms with Crippen LogP contribution in [-0.4, -0.2) is 46.3 Å². The number of aliphatic imine (C=N–C) groups is 1. The zero-order chi connectivity index (χ0) is 17.3. The fourth-order valence-electron chi connectivity index (χ4n) is 2.97. The molecule has 0 aromatic rings. The maximum absolute atomic E-state index is 11.0. The molecule has 1 saturated carbocycles. The molecular formula is C16H35IN4O2S. The summed E-state index contributed by atoms with van der Waals surface area (Å²) in [4.78, 5) is 4.54. The number of guanidine groups is 1. The zero-order valence-corrected chi connectivity index (χ0v) is 18.6. The summed E-state index contributed by atoms with van der Waals surface area (Å²) >= 11 is 0. The molecule has 24 heavy (non-hydrogen) atoms. The third kappa shape index (κ3) is 10.7. The lowest BCUT2D eigenvalue weighted by Crippen LogP contribution is -2.45. The van der Waals surface area contributed by atoms with Gasteiger partial charge < -0.3 is 10.6 Å². The number of rotatable bonds is 8.